The van der Waals surface area contributed by atoms with E-state index in [1.54, 1.807) is 0 Å². The Morgan fingerprint density at radius 3 is 2.82 bits per heavy atom. The summed E-state index contributed by atoms with van der Waals surface area (Å²) in [5, 5.41) is 12.1. The quantitative estimate of drug-likeness (QED) is 0.269. The van der Waals surface area contributed by atoms with E-state index in [0.29, 0.717) is 50.5 Å². The summed E-state index contributed by atoms with van der Waals surface area (Å²) in [6, 6.07) is 8.29. The zero-order valence-corrected chi connectivity index (χ0v) is 22.3. The third kappa shape index (κ3) is 7.26. The van der Waals surface area contributed by atoms with Gasteiger partial charge in [0.05, 0.1) is 19.3 Å². The number of esters is 1. The molecule has 1 fully saturated rings. The van der Waals surface area contributed by atoms with Gasteiger partial charge in [0.25, 0.3) is 5.91 Å². The van der Waals surface area contributed by atoms with Crippen LogP contribution in [0.3, 0.4) is 0 Å². The highest BCUT2D eigenvalue weighted by molar-refractivity contribution is 6.05. The Bertz CT molecular complexity index is 1120. The highest BCUT2D eigenvalue weighted by atomic mass is 19.1. The molecule has 2 atom stereocenters. The van der Waals surface area contributed by atoms with Crippen molar-refractivity contribution < 1.29 is 38.0 Å². The Morgan fingerprint density at radius 2 is 2.05 bits per heavy atom. The van der Waals surface area contributed by atoms with Crippen LogP contribution in [0.25, 0.3) is 0 Å². The molecule has 0 aromatic heterocycles. The topological polar surface area (TPSA) is 107 Å². The molecule has 9 nitrogen and oxygen atoms in total. The molecule has 0 saturated carbocycles. The number of unbranched alkanes of at least 4 members (excludes halogenated alkanes) is 1. The molecule has 4 rings (SSSR count). The highest BCUT2D eigenvalue weighted by Crippen LogP contribution is 2.39. The molecule has 1 amide bonds. The average Bonchev–Trinajstić information content (AvgIpc) is 3.28. The van der Waals surface area contributed by atoms with Gasteiger partial charge in [0.2, 0.25) is 0 Å². The SMILES string of the molecule is COC(=O)C(c1cc(F)ccc1OC1CCCCO1)N1Cc2cccc(NCCCCOCCCO)c2C1=O. The van der Waals surface area contributed by atoms with Gasteiger partial charge in [0, 0.05) is 50.6 Å². The van der Waals surface area contributed by atoms with E-state index < -0.39 is 24.1 Å². The first-order valence-corrected chi connectivity index (χ1v) is 13.5. The second-order valence-corrected chi connectivity index (χ2v) is 9.62. The van der Waals surface area contributed by atoms with Crippen LogP contribution in [0, 0.1) is 5.82 Å². The van der Waals surface area contributed by atoms with Crippen LogP contribution < -0.4 is 10.1 Å². The fourth-order valence-electron chi connectivity index (χ4n) is 4.88. The predicted octanol–water partition coefficient (Wildman–Crippen LogP) is 4.19. The van der Waals surface area contributed by atoms with Crippen LogP contribution in [0.2, 0.25) is 0 Å². The minimum Gasteiger partial charge on any atom is -0.467 e. The smallest absolute Gasteiger partial charge is 0.333 e. The van der Waals surface area contributed by atoms with Crippen molar-refractivity contribution in [3.8, 4) is 5.75 Å². The number of hydrogen-bond acceptors (Lipinski definition) is 8. The van der Waals surface area contributed by atoms with Crippen molar-refractivity contribution in [3.63, 3.8) is 0 Å². The van der Waals surface area contributed by atoms with Crippen molar-refractivity contribution in [2.24, 2.45) is 0 Å². The van der Waals surface area contributed by atoms with Gasteiger partial charge in [-0.1, -0.05) is 12.1 Å². The van der Waals surface area contributed by atoms with Gasteiger partial charge < -0.3 is 34.3 Å². The molecule has 2 aliphatic heterocycles. The van der Waals surface area contributed by atoms with E-state index in [2.05, 4.69) is 5.32 Å². The van der Waals surface area contributed by atoms with Gasteiger partial charge >= 0.3 is 5.97 Å². The van der Waals surface area contributed by atoms with Gasteiger partial charge in [-0.25, -0.2) is 9.18 Å². The third-order valence-corrected chi connectivity index (χ3v) is 6.84. The Kier molecular flexibility index (Phi) is 10.5. The maximum atomic E-state index is 14.5. The van der Waals surface area contributed by atoms with Gasteiger partial charge in [-0.2, -0.15) is 0 Å². The lowest BCUT2D eigenvalue weighted by Crippen LogP contribution is -2.36. The molecule has 2 aromatic carbocycles. The summed E-state index contributed by atoms with van der Waals surface area (Å²) in [6.45, 7) is 2.62. The first kappa shape index (κ1) is 28.8. The van der Waals surface area contributed by atoms with E-state index in [4.69, 9.17) is 24.1 Å². The molecule has 0 radical (unpaired) electrons. The molecule has 1 saturated heterocycles. The summed E-state index contributed by atoms with van der Waals surface area (Å²) in [5.74, 6) is -1.31. The standard InChI is InChI=1S/C29H37FN2O7/c1-36-29(35)27(22-18-21(30)11-12-24(22)39-25-10-2-4-17-38-25)32-19-20-8-6-9-23(26(20)28(32)34)31-13-3-5-15-37-16-7-14-33/h6,8-9,11-12,18,25,27,31,33H,2-5,7,10,13-17,19H2,1H3. The molecule has 2 heterocycles. The van der Waals surface area contributed by atoms with Crippen LogP contribution in [0.1, 0.15) is 66.1 Å². The fourth-order valence-corrected chi connectivity index (χ4v) is 4.88. The first-order chi connectivity index (χ1) is 19.0. The third-order valence-electron chi connectivity index (χ3n) is 6.84. The maximum Gasteiger partial charge on any atom is 0.333 e. The number of aliphatic hydroxyl groups excluding tert-OH is 1. The number of hydrogen-bond donors (Lipinski definition) is 2. The fraction of sp³-hybridized carbons (Fsp3) is 0.517. The van der Waals surface area contributed by atoms with Crippen molar-refractivity contribution in [1.82, 2.24) is 4.90 Å². The zero-order chi connectivity index (χ0) is 27.6. The van der Waals surface area contributed by atoms with Crippen LogP contribution in [-0.4, -0.2) is 68.3 Å². The number of amides is 1. The molecule has 0 spiro atoms. The average molecular weight is 545 g/mol. The van der Waals surface area contributed by atoms with E-state index in [1.165, 1.54) is 30.2 Å². The number of aliphatic hydroxyl groups is 1. The van der Waals surface area contributed by atoms with Crippen molar-refractivity contribution in [1.29, 1.82) is 0 Å². The second-order valence-electron chi connectivity index (χ2n) is 9.62. The number of fused-ring (bicyclic) bond motifs is 1. The van der Waals surface area contributed by atoms with E-state index >= 15 is 0 Å². The monoisotopic (exact) mass is 544 g/mol. The minimum atomic E-state index is -1.20. The Hall–Kier alpha value is -3.21. The second kappa shape index (κ2) is 14.3. The molecule has 2 aromatic rings. The summed E-state index contributed by atoms with van der Waals surface area (Å²) >= 11 is 0. The largest absolute Gasteiger partial charge is 0.467 e. The van der Waals surface area contributed by atoms with Crippen LogP contribution in [0.4, 0.5) is 10.1 Å². The van der Waals surface area contributed by atoms with Gasteiger partial charge in [0.1, 0.15) is 11.6 Å². The van der Waals surface area contributed by atoms with E-state index in [0.717, 1.165) is 31.2 Å². The number of nitrogens with zero attached hydrogens (tertiary/aromatic N) is 1. The van der Waals surface area contributed by atoms with Crippen LogP contribution in [0.5, 0.6) is 5.75 Å². The van der Waals surface area contributed by atoms with Crippen molar-refractivity contribution in [2.45, 2.75) is 57.4 Å². The number of ether oxygens (including phenoxy) is 4. The lowest BCUT2D eigenvalue weighted by Gasteiger charge is -2.29. The van der Waals surface area contributed by atoms with Crippen molar-refractivity contribution in [3.05, 3.63) is 58.9 Å². The molecule has 39 heavy (non-hydrogen) atoms. The number of halogens is 1. The Morgan fingerprint density at radius 1 is 1.21 bits per heavy atom. The molecular formula is C29H37FN2O7. The summed E-state index contributed by atoms with van der Waals surface area (Å²) in [4.78, 5) is 28.3. The van der Waals surface area contributed by atoms with Gasteiger partial charge in [0.15, 0.2) is 12.3 Å². The predicted molar refractivity (Wildman–Crippen MR) is 142 cm³/mol. The summed E-state index contributed by atoms with van der Waals surface area (Å²) < 4.78 is 36.8. The first-order valence-electron chi connectivity index (χ1n) is 13.5. The van der Waals surface area contributed by atoms with Gasteiger partial charge in [-0.05, 0) is 61.9 Å². The Balaban J connectivity index is 1.51. The molecule has 212 valence electrons. The number of nitrogens with one attached hydrogen (secondary N) is 1. The molecular weight excluding hydrogens is 507 g/mol. The number of carbonyl (C=O) groups excluding carboxylic acids is 2. The molecule has 10 heteroatoms. The molecule has 2 aliphatic rings. The number of methoxy groups -OCH3 is 1. The normalized spacial score (nSPS) is 17.6. The number of rotatable bonds is 14. The maximum absolute atomic E-state index is 14.5. The molecule has 2 N–H and O–H groups in total. The summed E-state index contributed by atoms with van der Waals surface area (Å²) in [6.07, 6.45) is 4.34. The minimum absolute atomic E-state index is 0.116. The van der Waals surface area contributed by atoms with Crippen molar-refractivity contribution >= 4 is 17.6 Å². The number of benzene rings is 2. The summed E-state index contributed by atoms with van der Waals surface area (Å²) in [5.41, 5.74) is 2.14. The molecule has 0 bridgehead atoms. The lowest BCUT2D eigenvalue weighted by molar-refractivity contribution is -0.146. The number of anilines is 1. The van der Waals surface area contributed by atoms with E-state index in [1.807, 2.05) is 18.2 Å². The molecule has 0 aliphatic carbocycles. The van der Waals surface area contributed by atoms with Gasteiger partial charge in [-0.15, -0.1) is 0 Å². The summed E-state index contributed by atoms with van der Waals surface area (Å²) in [7, 11) is 1.24. The number of carbonyl (C=O) groups is 2. The van der Waals surface area contributed by atoms with Crippen LogP contribution in [-0.2, 0) is 25.5 Å². The lowest BCUT2D eigenvalue weighted by atomic mass is 10.0. The van der Waals surface area contributed by atoms with Crippen LogP contribution >= 0.6 is 0 Å². The molecule has 2 unspecified atom stereocenters. The Labute approximate surface area is 228 Å². The van der Waals surface area contributed by atoms with Crippen molar-refractivity contribution in [2.75, 3.05) is 45.4 Å². The highest BCUT2D eigenvalue weighted by Gasteiger charge is 2.41. The van der Waals surface area contributed by atoms with Crippen LogP contribution in [0.15, 0.2) is 36.4 Å². The van der Waals surface area contributed by atoms with E-state index in [-0.39, 0.29) is 30.4 Å². The van der Waals surface area contributed by atoms with Gasteiger partial charge in [-0.3, -0.25) is 4.79 Å². The van der Waals surface area contributed by atoms with E-state index in [9.17, 15) is 14.0 Å². The zero-order valence-electron chi connectivity index (χ0n) is 22.3.